The maximum absolute atomic E-state index is 13.3. The van der Waals surface area contributed by atoms with Crippen LogP contribution in [0.5, 0.6) is 0 Å². The van der Waals surface area contributed by atoms with Crippen molar-refractivity contribution in [2.24, 2.45) is 5.73 Å². The molecule has 2 aromatic rings. The fraction of sp³-hybridized carbons (Fsp3) is 0.267. The number of aromatic nitrogens is 2. The van der Waals surface area contributed by atoms with Gasteiger partial charge in [-0.1, -0.05) is 13.3 Å². The molecule has 22 heavy (non-hydrogen) atoms. The zero-order valence-electron chi connectivity index (χ0n) is 11.8. The lowest BCUT2D eigenvalue weighted by Gasteiger charge is -2.19. The highest BCUT2D eigenvalue weighted by atomic mass is 19.4. The minimum atomic E-state index is -4.55. The molecule has 1 aromatic heterocycles. The van der Waals surface area contributed by atoms with Crippen molar-refractivity contribution in [3.05, 3.63) is 47.5 Å². The number of benzene rings is 1. The number of halogens is 3. The molecule has 0 fully saturated rings. The lowest BCUT2D eigenvalue weighted by molar-refractivity contribution is -0.137. The average molecular weight is 309 g/mol. The monoisotopic (exact) mass is 309 g/mol. The van der Waals surface area contributed by atoms with Crippen LogP contribution in [0.15, 0.2) is 30.9 Å². The van der Waals surface area contributed by atoms with Gasteiger partial charge in [-0.25, -0.2) is 9.97 Å². The van der Waals surface area contributed by atoms with Gasteiger partial charge in [-0.2, -0.15) is 13.2 Å². The first kappa shape index (κ1) is 15.9. The Morgan fingerprint density at radius 2 is 1.86 bits per heavy atom. The lowest BCUT2D eigenvalue weighted by Crippen LogP contribution is -2.17. The first-order valence-electron chi connectivity index (χ1n) is 6.64. The van der Waals surface area contributed by atoms with Crippen LogP contribution in [0.1, 0.15) is 34.8 Å². The maximum atomic E-state index is 13.3. The average Bonchev–Trinajstić information content (AvgIpc) is 2.46. The summed E-state index contributed by atoms with van der Waals surface area (Å²) in [5.74, 6) is -0.754. The largest absolute Gasteiger partial charge is 0.417 e. The molecule has 0 aliphatic rings. The Morgan fingerprint density at radius 3 is 2.36 bits per heavy atom. The predicted octanol–water partition coefficient (Wildman–Crippen LogP) is 3.21. The zero-order chi connectivity index (χ0) is 16.3. The fourth-order valence-electron chi connectivity index (χ4n) is 2.38. The van der Waals surface area contributed by atoms with E-state index in [2.05, 4.69) is 9.97 Å². The SMILES string of the molecule is CCCc1c(C(N)=O)ccc(C(F)(F)F)c1-c1cncnc1. The van der Waals surface area contributed by atoms with E-state index >= 15 is 0 Å². The molecule has 116 valence electrons. The maximum Gasteiger partial charge on any atom is 0.417 e. The number of nitrogens with zero attached hydrogens (tertiary/aromatic N) is 2. The van der Waals surface area contributed by atoms with Gasteiger partial charge in [0.15, 0.2) is 0 Å². The molecule has 1 heterocycles. The van der Waals surface area contributed by atoms with Gasteiger partial charge in [-0.3, -0.25) is 4.79 Å². The first-order valence-corrected chi connectivity index (χ1v) is 6.64. The van der Waals surface area contributed by atoms with Gasteiger partial charge >= 0.3 is 6.18 Å². The summed E-state index contributed by atoms with van der Waals surface area (Å²) in [7, 11) is 0. The molecule has 0 spiro atoms. The van der Waals surface area contributed by atoms with Gasteiger partial charge in [0.1, 0.15) is 6.33 Å². The molecule has 0 atom stereocenters. The standard InChI is InChI=1S/C15H14F3N3O/c1-2-3-10-11(14(19)22)4-5-12(15(16,17)18)13(10)9-6-20-8-21-7-9/h4-8H,2-3H2,1H3,(H2,19,22). The first-order chi connectivity index (χ1) is 10.4. The van der Waals surface area contributed by atoms with Gasteiger partial charge in [-0.15, -0.1) is 0 Å². The van der Waals surface area contributed by atoms with E-state index in [4.69, 9.17) is 5.73 Å². The molecular formula is C15H14F3N3O. The number of rotatable bonds is 4. The third-order valence-electron chi connectivity index (χ3n) is 3.23. The van der Waals surface area contributed by atoms with Crippen LogP contribution in [0.25, 0.3) is 11.1 Å². The van der Waals surface area contributed by atoms with E-state index in [-0.39, 0.29) is 22.3 Å². The van der Waals surface area contributed by atoms with Crippen molar-refractivity contribution in [3.8, 4) is 11.1 Å². The molecule has 2 rings (SSSR count). The van der Waals surface area contributed by atoms with Crippen molar-refractivity contribution < 1.29 is 18.0 Å². The second-order valence-electron chi connectivity index (χ2n) is 4.75. The highest BCUT2D eigenvalue weighted by molar-refractivity contribution is 5.97. The van der Waals surface area contributed by atoms with E-state index in [1.807, 2.05) is 6.92 Å². The van der Waals surface area contributed by atoms with E-state index in [9.17, 15) is 18.0 Å². The minimum Gasteiger partial charge on any atom is -0.366 e. The number of primary amides is 1. The van der Waals surface area contributed by atoms with Gasteiger partial charge in [0.2, 0.25) is 5.91 Å². The topological polar surface area (TPSA) is 68.9 Å². The van der Waals surface area contributed by atoms with Gasteiger partial charge in [0, 0.05) is 29.1 Å². The molecule has 0 bridgehead atoms. The third kappa shape index (κ3) is 3.08. The smallest absolute Gasteiger partial charge is 0.366 e. The van der Waals surface area contributed by atoms with E-state index < -0.39 is 17.6 Å². The van der Waals surface area contributed by atoms with Crippen LogP contribution < -0.4 is 5.73 Å². The second kappa shape index (κ2) is 6.13. The van der Waals surface area contributed by atoms with Crippen molar-refractivity contribution in [2.75, 3.05) is 0 Å². The minimum absolute atomic E-state index is 0.0775. The summed E-state index contributed by atoms with van der Waals surface area (Å²) in [4.78, 5) is 19.1. The quantitative estimate of drug-likeness (QED) is 0.943. The molecular weight excluding hydrogens is 295 g/mol. The van der Waals surface area contributed by atoms with Gasteiger partial charge in [-0.05, 0) is 24.1 Å². The summed E-state index contributed by atoms with van der Waals surface area (Å²) in [5, 5.41) is 0. The summed E-state index contributed by atoms with van der Waals surface area (Å²) in [6.07, 6.45) is 0.135. The number of alkyl halides is 3. The van der Waals surface area contributed by atoms with Gasteiger partial charge < -0.3 is 5.73 Å². The van der Waals surface area contributed by atoms with E-state index in [0.717, 1.165) is 12.1 Å². The van der Waals surface area contributed by atoms with Crippen molar-refractivity contribution in [3.63, 3.8) is 0 Å². The molecule has 4 nitrogen and oxygen atoms in total. The van der Waals surface area contributed by atoms with Crippen LogP contribution in [0.4, 0.5) is 13.2 Å². The number of carbonyl (C=O) groups is 1. The van der Waals surface area contributed by atoms with Crippen molar-refractivity contribution >= 4 is 5.91 Å². The van der Waals surface area contributed by atoms with Crippen LogP contribution in [0.2, 0.25) is 0 Å². The van der Waals surface area contributed by atoms with Crippen molar-refractivity contribution in [1.82, 2.24) is 9.97 Å². The molecule has 0 radical (unpaired) electrons. The molecule has 7 heteroatoms. The lowest BCUT2D eigenvalue weighted by atomic mass is 9.89. The summed E-state index contributed by atoms with van der Waals surface area (Å²) < 4.78 is 40.0. The summed E-state index contributed by atoms with van der Waals surface area (Å²) in [5.41, 5.74) is 4.98. The highest BCUT2D eigenvalue weighted by Crippen LogP contribution is 2.40. The molecule has 0 aliphatic carbocycles. The van der Waals surface area contributed by atoms with Crippen molar-refractivity contribution in [1.29, 1.82) is 0 Å². The van der Waals surface area contributed by atoms with Crippen LogP contribution >= 0.6 is 0 Å². The number of carbonyl (C=O) groups excluding carboxylic acids is 1. The number of hydrogen-bond acceptors (Lipinski definition) is 3. The summed E-state index contributed by atoms with van der Waals surface area (Å²) >= 11 is 0. The van der Waals surface area contributed by atoms with Crippen LogP contribution in [-0.4, -0.2) is 15.9 Å². The Morgan fingerprint density at radius 1 is 1.23 bits per heavy atom. The molecule has 0 unspecified atom stereocenters. The molecule has 0 aliphatic heterocycles. The Bertz CT molecular complexity index is 684. The van der Waals surface area contributed by atoms with E-state index in [0.29, 0.717) is 12.8 Å². The van der Waals surface area contributed by atoms with Crippen LogP contribution in [-0.2, 0) is 12.6 Å². The number of amides is 1. The molecule has 2 N–H and O–H groups in total. The normalized spacial score (nSPS) is 11.5. The highest BCUT2D eigenvalue weighted by Gasteiger charge is 2.35. The number of hydrogen-bond donors (Lipinski definition) is 1. The summed E-state index contributed by atoms with van der Waals surface area (Å²) in [6, 6.07) is 2.00. The summed E-state index contributed by atoms with van der Waals surface area (Å²) in [6.45, 7) is 1.82. The molecule has 0 saturated heterocycles. The Hall–Kier alpha value is -2.44. The predicted molar refractivity (Wildman–Crippen MR) is 75.0 cm³/mol. The van der Waals surface area contributed by atoms with Crippen LogP contribution in [0, 0.1) is 0 Å². The third-order valence-corrected chi connectivity index (χ3v) is 3.23. The second-order valence-corrected chi connectivity index (χ2v) is 4.75. The Balaban J connectivity index is 2.84. The van der Waals surface area contributed by atoms with E-state index in [1.165, 1.54) is 18.7 Å². The zero-order valence-corrected chi connectivity index (χ0v) is 11.8. The Labute approximate surface area is 125 Å². The molecule has 1 amide bonds. The van der Waals surface area contributed by atoms with Gasteiger partial charge in [0.05, 0.1) is 5.56 Å². The Kier molecular flexibility index (Phi) is 4.44. The van der Waals surface area contributed by atoms with Crippen molar-refractivity contribution in [2.45, 2.75) is 25.9 Å². The van der Waals surface area contributed by atoms with Gasteiger partial charge in [0.25, 0.3) is 0 Å². The molecule has 0 saturated carbocycles. The molecule has 1 aromatic carbocycles. The van der Waals surface area contributed by atoms with E-state index in [1.54, 1.807) is 0 Å². The fourth-order valence-corrected chi connectivity index (χ4v) is 2.38. The number of nitrogens with two attached hydrogens (primary N) is 1. The van der Waals surface area contributed by atoms with Crippen LogP contribution in [0.3, 0.4) is 0 Å².